The lowest BCUT2D eigenvalue weighted by Gasteiger charge is -2.32. The van der Waals surface area contributed by atoms with E-state index < -0.39 is 0 Å². The van der Waals surface area contributed by atoms with E-state index in [9.17, 15) is 0 Å². The number of likely N-dealkylation sites (N-methyl/N-ethyl adjacent to an activating group) is 1. The zero-order valence-corrected chi connectivity index (χ0v) is 13.9. The van der Waals surface area contributed by atoms with Gasteiger partial charge in [0, 0.05) is 65.4 Å². The maximum Gasteiger partial charge on any atom is 0.0234 e. The maximum absolute atomic E-state index is 3.41. The Bertz CT molecular complexity index is 431. The van der Waals surface area contributed by atoms with Crippen LogP contribution >= 0.6 is 0 Å². The highest BCUT2D eigenvalue weighted by Gasteiger charge is 2.13. The molecule has 2 saturated heterocycles. The van der Waals surface area contributed by atoms with E-state index in [2.05, 4.69) is 51.3 Å². The van der Waals surface area contributed by atoms with Gasteiger partial charge >= 0.3 is 0 Å². The number of piperazine rings is 2. The Morgan fingerprint density at radius 1 is 0.818 bits per heavy atom. The van der Waals surface area contributed by atoms with Gasteiger partial charge in [0.05, 0.1) is 0 Å². The van der Waals surface area contributed by atoms with Crippen LogP contribution in [0.1, 0.15) is 11.1 Å². The third kappa shape index (κ3) is 4.78. The third-order valence-electron chi connectivity index (χ3n) is 4.95. The van der Waals surface area contributed by atoms with Crippen LogP contribution in [-0.2, 0) is 13.0 Å². The number of hydrogen-bond acceptors (Lipinski definition) is 4. The fourth-order valence-electron chi connectivity index (χ4n) is 3.30. The molecule has 22 heavy (non-hydrogen) atoms. The van der Waals surface area contributed by atoms with E-state index in [1.54, 1.807) is 0 Å². The quantitative estimate of drug-likeness (QED) is 0.872. The van der Waals surface area contributed by atoms with Crippen molar-refractivity contribution < 1.29 is 0 Å². The smallest absolute Gasteiger partial charge is 0.0234 e. The minimum absolute atomic E-state index is 1.10. The fraction of sp³-hybridized carbons (Fsp3) is 0.667. The molecule has 2 aliphatic rings. The van der Waals surface area contributed by atoms with Gasteiger partial charge < -0.3 is 15.1 Å². The highest BCUT2D eigenvalue weighted by Crippen LogP contribution is 2.10. The molecule has 4 nitrogen and oxygen atoms in total. The van der Waals surface area contributed by atoms with Crippen molar-refractivity contribution in [2.75, 3.05) is 66.0 Å². The van der Waals surface area contributed by atoms with Crippen LogP contribution in [0.15, 0.2) is 24.3 Å². The summed E-state index contributed by atoms with van der Waals surface area (Å²) in [6, 6.07) is 9.30. The van der Waals surface area contributed by atoms with Crippen molar-refractivity contribution >= 4 is 0 Å². The van der Waals surface area contributed by atoms with Gasteiger partial charge in [0.15, 0.2) is 0 Å². The number of hydrogen-bond donors (Lipinski definition) is 1. The molecule has 2 aliphatic heterocycles. The summed E-state index contributed by atoms with van der Waals surface area (Å²) in [7, 11) is 2.22. The summed E-state index contributed by atoms with van der Waals surface area (Å²) >= 11 is 0. The lowest BCUT2D eigenvalue weighted by Crippen LogP contribution is -2.45. The van der Waals surface area contributed by atoms with Crippen molar-refractivity contribution in [2.45, 2.75) is 13.0 Å². The highest BCUT2D eigenvalue weighted by atomic mass is 15.2. The fourth-order valence-corrected chi connectivity index (χ4v) is 3.30. The number of rotatable bonds is 5. The second-order valence-electron chi connectivity index (χ2n) is 6.74. The molecule has 0 spiro atoms. The molecule has 0 aromatic heterocycles. The van der Waals surface area contributed by atoms with E-state index in [-0.39, 0.29) is 0 Å². The Kier molecular flexibility index (Phi) is 5.84. The van der Waals surface area contributed by atoms with Gasteiger partial charge in [-0.1, -0.05) is 24.3 Å². The zero-order valence-electron chi connectivity index (χ0n) is 13.9. The molecular weight excluding hydrogens is 272 g/mol. The monoisotopic (exact) mass is 302 g/mol. The first-order valence-corrected chi connectivity index (χ1v) is 8.71. The van der Waals surface area contributed by atoms with Gasteiger partial charge in [0.2, 0.25) is 0 Å². The van der Waals surface area contributed by atoms with Gasteiger partial charge in [-0.15, -0.1) is 0 Å². The van der Waals surface area contributed by atoms with Crippen LogP contribution in [0.2, 0.25) is 0 Å². The molecule has 4 heteroatoms. The molecule has 0 unspecified atom stereocenters. The minimum atomic E-state index is 1.10. The second-order valence-corrected chi connectivity index (χ2v) is 6.74. The standard InChI is InChI=1S/C18H30N4/c1-20-12-14-21(15-13-20)9-6-17-2-4-18(5-3-17)16-22-10-7-19-8-11-22/h2-5,19H,6-16H2,1H3. The number of nitrogens with one attached hydrogen (secondary N) is 1. The molecule has 0 saturated carbocycles. The Balaban J connectivity index is 1.43. The Morgan fingerprint density at radius 3 is 2.14 bits per heavy atom. The van der Waals surface area contributed by atoms with E-state index >= 15 is 0 Å². The van der Waals surface area contributed by atoms with Gasteiger partial charge in [-0.2, -0.15) is 0 Å². The summed E-state index contributed by atoms with van der Waals surface area (Å²) in [4.78, 5) is 7.55. The Labute approximate surface area is 135 Å². The van der Waals surface area contributed by atoms with Crippen molar-refractivity contribution in [1.29, 1.82) is 0 Å². The summed E-state index contributed by atoms with van der Waals surface area (Å²) in [6.45, 7) is 11.8. The van der Waals surface area contributed by atoms with Gasteiger partial charge in [0.25, 0.3) is 0 Å². The Morgan fingerprint density at radius 2 is 1.45 bits per heavy atom. The zero-order chi connectivity index (χ0) is 15.2. The molecule has 0 amide bonds. The summed E-state index contributed by atoms with van der Waals surface area (Å²) in [5.74, 6) is 0. The van der Waals surface area contributed by atoms with Crippen LogP contribution in [0.5, 0.6) is 0 Å². The first kappa shape index (κ1) is 15.9. The highest BCUT2D eigenvalue weighted by molar-refractivity contribution is 5.22. The average Bonchev–Trinajstić information content (AvgIpc) is 2.57. The first-order valence-electron chi connectivity index (χ1n) is 8.71. The van der Waals surface area contributed by atoms with Crippen LogP contribution in [0.4, 0.5) is 0 Å². The van der Waals surface area contributed by atoms with Crippen LogP contribution in [0.25, 0.3) is 0 Å². The molecule has 0 radical (unpaired) electrons. The summed E-state index contributed by atoms with van der Waals surface area (Å²) in [6.07, 6.45) is 1.18. The van der Waals surface area contributed by atoms with E-state index in [4.69, 9.17) is 0 Å². The van der Waals surface area contributed by atoms with Crippen molar-refractivity contribution in [3.63, 3.8) is 0 Å². The van der Waals surface area contributed by atoms with Crippen molar-refractivity contribution in [3.8, 4) is 0 Å². The maximum atomic E-state index is 3.41. The first-order chi connectivity index (χ1) is 10.8. The normalized spacial score (nSPS) is 22.0. The predicted molar refractivity (Wildman–Crippen MR) is 92.2 cm³/mol. The van der Waals surface area contributed by atoms with Gasteiger partial charge in [0.1, 0.15) is 0 Å². The topological polar surface area (TPSA) is 21.8 Å². The summed E-state index contributed by atoms with van der Waals surface area (Å²) in [5, 5.41) is 3.41. The summed E-state index contributed by atoms with van der Waals surface area (Å²) in [5.41, 5.74) is 2.92. The predicted octanol–water partition coefficient (Wildman–Crippen LogP) is 0.882. The molecule has 2 fully saturated rings. The molecule has 0 atom stereocenters. The van der Waals surface area contributed by atoms with Crippen LogP contribution in [0.3, 0.4) is 0 Å². The second kappa shape index (κ2) is 8.06. The Hall–Kier alpha value is -0.940. The van der Waals surface area contributed by atoms with Crippen LogP contribution < -0.4 is 5.32 Å². The molecule has 3 rings (SSSR count). The van der Waals surface area contributed by atoms with Gasteiger partial charge in [-0.3, -0.25) is 4.90 Å². The average molecular weight is 302 g/mol. The molecule has 122 valence electrons. The molecule has 0 aliphatic carbocycles. The van der Waals surface area contributed by atoms with Gasteiger partial charge in [-0.25, -0.2) is 0 Å². The largest absolute Gasteiger partial charge is 0.314 e. The van der Waals surface area contributed by atoms with Crippen molar-refractivity contribution in [3.05, 3.63) is 35.4 Å². The summed E-state index contributed by atoms with van der Waals surface area (Å²) < 4.78 is 0. The number of nitrogens with zero attached hydrogens (tertiary/aromatic N) is 3. The van der Waals surface area contributed by atoms with Crippen LogP contribution in [0, 0.1) is 0 Å². The number of benzene rings is 1. The molecule has 1 aromatic carbocycles. The molecule has 2 heterocycles. The van der Waals surface area contributed by atoms with E-state index in [1.807, 2.05) is 0 Å². The van der Waals surface area contributed by atoms with E-state index in [1.165, 1.54) is 63.4 Å². The van der Waals surface area contributed by atoms with Crippen molar-refractivity contribution in [1.82, 2.24) is 20.0 Å². The van der Waals surface area contributed by atoms with E-state index in [0.717, 1.165) is 19.6 Å². The molecular formula is C18H30N4. The van der Waals surface area contributed by atoms with Crippen molar-refractivity contribution in [2.24, 2.45) is 0 Å². The molecule has 1 N–H and O–H groups in total. The van der Waals surface area contributed by atoms with Gasteiger partial charge in [-0.05, 0) is 24.6 Å². The van der Waals surface area contributed by atoms with Crippen LogP contribution in [-0.4, -0.2) is 80.7 Å². The minimum Gasteiger partial charge on any atom is -0.314 e. The third-order valence-corrected chi connectivity index (χ3v) is 4.95. The lowest BCUT2D eigenvalue weighted by molar-refractivity contribution is 0.155. The molecule has 1 aromatic rings. The molecule has 0 bridgehead atoms. The lowest BCUT2D eigenvalue weighted by atomic mass is 10.1. The van der Waals surface area contributed by atoms with E-state index in [0.29, 0.717) is 0 Å². The SMILES string of the molecule is CN1CCN(CCc2ccc(CN3CCNCC3)cc2)CC1.